The Morgan fingerprint density at radius 2 is 2.24 bits per heavy atom. The number of aromatic nitrogens is 2. The summed E-state index contributed by atoms with van der Waals surface area (Å²) in [6.45, 7) is 8.45. The molecule has 0 aliphatic heterocycles. The first-order valence-corrected chi connectivity index (χ1v) is 7.13. The summed E-state index contributed by atoms with van der Waals surface area (Å²) in [6, 6.07) is 1.53. The van der Waals surface area contributed by atoms with Crippen molar-refractivity contribution in [2.45, 2.75) is 46.7 Å². The molecule has 0 spiro atoms. The van der Waals surface area contributed by atoms with E-state index in [1.54, 1.807) is 12.3 Å². The van der Waals surface area contributed by atoms with E-state index in [0.29, 0.717) is 11.4 Å². The molecule has 21 heavy (non-hydrogen) atoms. The van der Waals surface area contributed by atoms with Gasteiger partial charge in [-0.05, 0) is 33.3 Å². The number of hydrogen-bond acceptors (Lipinski definition) is 4. The van der Waals surface area contributed by atoms with Crippen LogP contribution in [0.15, 0.2) is 16.8 Å². The zero-order chi connectivity index (χ0) is 15.6. The predicted octanol–water partition coefficient (Wildman–Crippen LogP) is 2.58. The Kier molecular flexibility index (Phi) is 4.35. The minimum Gasteiger partial charge on any atom is -0.397 e. The number of amides is 1. The Balaban J connectivity index is 2.18. The molecule has 6 heteroatoms. The minimum absolute atomic E-state index is 0.146. The van der Waals surface area contributed by atoms with Crippen LogP contribution in [0, 0.1) is 13.8 Å². The summed E-state index contributed by atoms with van der Waals surface area (Å²) >= 11 is 0. The normalized spacial score (nSPS) is 12.4. The predicted molar refractivity (Wildman–Crippen MR) is 81.0 cm³/mol. The van der Waals surface area contributed by atoms with Crippen molar-refractivity contribution in [3.63, 3.8) is 0 Å². The zero-order valence-electron chi connectivity index (χ0n) is 12.9. The van der Waals surface area contributed by atoms with Gasteiger partial charge >= 0.3 is 0 Å². The van der Waals surface area contributed by atoms with Crippen LogP contribution in [-0.2, 0) is 6.54 Å². The second kappa shape index (κ2) is 6.03. The highest BCUT2D eigenvalue weighted by Gasteiger charge is 2.20. The number of nitrogens with zero attached hydrogens (tertiary/aromatic N) is 2. The van der Waals surface area contributed by atoms with E-state index in [1.807, 2.05) is 25.3 Å². The number of nitrogens with two attached hydrogens (primary N) is 1. The van der Waals surface area contributed by atoms with E-state index in [-0.39, 0.29) is 11.9 Å². The quantitative estimate of drug-likeness (QED) is 0.886. The molecule has 1 atom stereocenters. The Morgan fingerprint density at radius 1 is 1.52 bits per heavy atom. The molecule has 0 saturated carbocycles. The van der Waals surface area contributed by atoms with Gasteiger partial charge in [-0.2, -0.15) is 0 Å². The number of carbonyl (C=O) groups is 1. The van der Waals surface area contributed by atoms with E-state index < -0.39 is 0 Å². The molecule has 0 aliphatic carbocycles. The van der Waals surface area contributed by atoms with Crippen LogP contribution in [0.3, 0.4) is 0 Å². The molecule has 0 saturated heterocycles. The van der Waals surface area contributed by atoms with Gasteiger partial charge in [0.2, 0.25) is 0 Å². The maximum Gasteiger partial charge on any atom is 0.268 e. The van der Waals surface area contributed by atoms with Gasteiger partial charge < -0.3 is 20.1 Å². The van der Waals surface area contributed by atoms with Gasteiger partial charge in [0.1, 0.15) is 11.5 Å². The summed E-state index contributed by atoms with van der Waals surface area (Å²) < 4.78 is 7.02. The molecule has 0 fully saturated rings. The van der Waals surface area contributed by atoms with Gasteiger partial charge in [0.05, 0.1) is 17.4 Å². The van der Waals surface area contributed by atoms with Crippen molar-refractivity contribution in [2.24, 2.45) is 0 Å². The molecule has 0 aromatic carbocycles. The van der Waals surface area contributed by atoms with E-state index in [4.69, 9.17) is 10.3 Å². The lowest BCUT2D eigenvalue weighted by atomic mass is 10.1. The van der Waals surface area contributed by atoms with Crippen LogP contribution in [0.5, 0.6) is 0 Å². The number of carbonyl (C=O) groups excluding carboxylic acids is 1. The molecule has 3 N–H and O–H groups in total. The minimum atomic E-state index is -0.171. The molecular formula is C15H22N4O2. The van der Waals surface area contributed by atoms with Gasteiger partial charge in [-0.15, -0.1) is 0 Å². The lowest BCUT2D eigenvalue weighted by Gasteiger charge is -2.15. The SMILES string of the molecule is CCCn1cc(N)cc1C(=O)NC(C)c1c(C)noc1C. The first-order chi connectivity index (χ1) is 9.93. The summed E-state index contributed by atoms with van der Waals surface area (Å²) in [5, 5.41) is 6.89. The standard InChI is InChI=1S/C15H22N4O2/c1-5-6-19-8-12(16)7-13(19)15(20)17-9(2)14-10(3)18-21-11(14)4/h7-9H,5-6,16H2,1-4H3,(H,17,20). The monoisotopic (exact) mass is 290 g/mol. The van der Waals surface area contributed by atoms with Crippen molar-refractivity contribution in [1.82, 2.24) is 15.0 Å². The molecule has 1 unspecified atom stereocenters. The van der Waals surface area contributed by atoms with E-state index in [2.05, 4.69) is 17.4 Å². The number of nitrogen functional groups attached to an aromatic ring is 1. The van der Waals surface area contributed by atoms with Crippen LogP contribution < -0.4 is 11.1 Å². The molecule has 2 heterocycles. The number of nitrogens with one attached hydrogen (secondary N) is 1. The Morgan fingerprint density at radius 3 is 2.81 bits per heavy atom. The van der Waals surface area contributed by atoms with Crippen LogP contribution in [0.25, 0.3) is 0 Å². The summed E-state index contributed by atoms with van der Waals surface area (Å²) in [6.07, 6.45) is 2.73. The van der Waals surface area contributed by atoms with Gasteiger partial charge in [0, 0.05) is 18.3 Å². The van der Waals surface area contributed by atoms with E-state index >= 15 is 0 Å². The highest BCUT2D eigenvalue weighted by molar-refractivity contribution is 5.94. The van der Waals surface area contributed by atoms with E-state index in [0.717, 1.165) is 30.0 Å². The molecule has 2 aromatic heterocycles. The smallest absolute Gasteiger partial charge is 0.268 e. The number of hydrogen-bond donors (Lipinski definition) is 2. The molecule has 2 aromatic rings. The first-order valence-electron chi connectivity index (χ1n) is 7.13. The molecule has 0 bridgehead atoms. The second-order valence-corrected chi connectivity index (χ2v) is 5.29. The summed E-state index contributed by atoms with van der Waals surface area (Å²) in [5.41, 5.74) is 8.68. The lowest BCUT2D eigenvalue weighted by Crippen LogP contribution is -2.29. The van der Waals surface area contributed by atoms with E-state index in [1.165, 1.54) is 0 Å². The van der Waals surface area contributed by atoms with Gasteiger partial charge in [0.15, 0.2) is 0 Å². The second-order valence-electron chi connectivity index (χ2n) is 5.29. The van der Waals surface area contributed by atoms with Gasteiger partial charge in [-0.3, -0.25) is 4.79 Å². The van der Waals surface area contributed by atoms with Crippen molar-refractivity contribution in [3.8, 4) is 0 Å². The number of aryl methyl sites for hydroxylation is 3. The van der Waals surface area contributed by atoms with Gasteiger partial charge in [0.25, 0.3) is 5.91 Å². The molecule has 6 nitrogen and oxygen atoms in total. The number of rotatable bonds is 5. The summed E-state index contributed by atoms with van der Waals surface area (Å²) in [5.74, 6) is 0.580. The van der Waals surface area contributed by atoms with Crippen molar-refractivity contribution in [2.75, 3.05) is 5.73 Å². The molecule has 0 aliphatic rings. The molecular weight excluding hydrogens is 268 g/mol. The first kappa shape index (κ1) is 15.2. The molecule has 2 rings (SSSR count). The molecule has 1 amide bonds. The Hall–Kier alpha value is -2.24. The largest absolute Gasteiger partial charge is 0.397 e. The zero-order valence-corrected chi connectivity index (χ0v) is 12.9. The lowest BCUT2D eigenvalue weighted by molar-refractivity contribution is 0.0930. The Bertz CT molecular complexity index is 623. The third-order valence-electron chi connectivity index (χ3n) is 3.48. The maximum atomic E-state index is 12.4. The summed E-state index contributed by atoms with van der Waals surface area (Å²) in [4.78, 5) is 12.4. The molecule has 0 radical (unpaired) electrons. The third-order valence-corrected chi connectivity index (χ3v) is 3.48. The maximum absolute atomic E-state index is 12.4. The van der Waals surface area contributed by atoms with Crippen LogP contribution in [0.2, 0.25) is 0 Å². The highest BCUT2D eigenvalue weighted by Crippen LogP contribution is 2.21. The topological polar surface area (TPSA) is 86.1 Å². The average molecular weight is 290 g/mol. The third kappa shape index (κ3) is 3.09. The van der Waals surface area contributed by atoms with Crippen LogP contribution >= 0.6 is 0 Å². The van der Waals surface area contributed by atoms with E-state index in [9.17, 15) is 4.79 Å². The van der Waals surface area contributed by atoms with Crippen LogP contribution in [-0.4, -0.2) is 15.6 Å². The van der Waals surface area contributed by atoms with Gasteiger partial charge in [-0.1, -0.05) is 12.1 Å². The fourth-order valence-electron chi connectivity index (χ4n) is 2.60. The van der Waals surface area contributed by atoms with Gasteiger partial charge in [-0.25, -0.2) is 0 Å². The summed E-state index contributed by atoms with van der Waals surface area (Å²) in [7, 11) is 0. The van der Waals surface area contributed by atoms with Crippen molar-refractivity contribution in [1.29, 1.82) is 0 Å². The van der Waals surface area contributed by atoms with Crippen molar-refractivity contribution < 1.29 is 9.32 Å². The van der Waals surface area contributed by atoms with Crippen molar-refractivity contribution >= 4 is 11.6 Å². The highest BCUT2D eigenvalue weighted by atomic mass is 16.5. The fraction of sp³-hybridized carbons (Fsp3) is 0.467. The number of anilines is 1. The Labute approximate surface area is 124 Å². The van der Waals surface area contributed by atoms with Crippen LogP contribution in [0.1, 0.15) is 53.8 Å². The van der Waals surface area contributed by atoms with Crippen LogP contribution in [0.4, 0.5) is 5.69 Å². The average Bonchev–Trinajstić information content (AvgIpc) is 2.93. The molecule has 114 valence electrons. The fourth-order valence-corrected chi connectivity index (χ4v) is 2.60. The van der Waals surface area contributed by atoms with Crippen molar-refractivity contribution in [3.05, 3.63) is 35.0 Å².